The van der Waals surface area contributed by atoms with Gasteiger partial charge in [-0.2, -0.15) is 0 Å². The summed E-state index contributed by atoms with van der Waals surface area (Å²) in [6.07, 6.45) is 17.0. The normalized spacial score (nSPS) is 45.8. The zero-order valence-corrected chi connectivity index (χ0v) is 22.5. The monoisotopic (exact) mass is 499 g/mol. The lowest BCUT2D eigenvalue weighted by atomic mass is 9.44. The minimum absolute atomic E-state index is 0.319. The molecule has 8 atom stereocenters. The average Bonchev–Trinajstić information content (AvgIpc) is 3.10. The highest BCUT2D eigenvalue weighted by atomic mass is 35.7. The first-order valence-electron chi connectivity index (χ1n) is 13.7. The highest BCUT2D eigenvalue weighted by molar-refractivity contribution is 5.79. The van der Waals surface area contributed by atoms with E-state index in [9.17, 15) is 4.79 Å². The van der Waals surface area contributed by atoms with E-state index in [0.717, 1.165) is 29.7 Å². The van der Waals surface area contributed by atoms with Crippen LogP contribution in [0.15, 0.2) is 0 Å². The Bertz CT molecular complexity index is 744. The number of hydrogen-bond acceptors (Lipinski definition) is 5. The third-order valence-corrected chi connectivity index (χ3v) is 11.8. The molecule has 0 bridgehead atoms. The van der Waals surface area contributed by atoms with E-state index in [2.05, 4.69) is 20.9 Å². The Balaban J connectivity index is 0.000000499. The van der Waals surface area contributed by atoms with Crippen LogP contribution in [-0.2, 0) is 4.79 Å². The van der Waals surface area contributed by atoms with E-state index in [4.69, 9.17) is 18.6 Å². The SMILES string of the molecule is CC(=O)C1CCC2C3CCC4CC([N+]5(C)CCCCC5)CCC4(C)C3CCC12C.[O-][Cl+3]([O-])([O-])[O-]. The third kappa shape index (κ3) is 4.97. The largest absolute Gasteiger partial charge is 0.324 e. The predicted molar refractivity (Wildman–Crippen MR) is 119 cm³/mol. The van der Waals surface area contributed by atoms with Gasteiger partial charge in [0.25, 0.3) is 0 Å². The summed E-state index contributed by atoms with van der Waals surface area (Å²) in [6.45, 7) is 9.95. The number of carbonyl (C=O) groups is 1. The van der Waals surface area contributed by atoms with E-state index < -0.39 is 10.2 Å². The van der Waals surface area contributed by atoms with Crippen molar-refractivity contribution < 1.29 is 38.2 Å². The number of fused-ring (bicyclic) bond motifs is 5. The number of hydrogen-bond donors (Lipinski definition) is 0. The summed E-state index contributed by atoms with van der Waals surface area (Å²) < 4.78 is 35.4. The molecular formula is C27H46ClNO5. The molecule has 0 spiro atoms. The van der Waals surface area contributed by atoms with Crippen molar-refractivity contribution in [3.8, 4) is 0 Å². The molecule has 34 heavy (non-hydrogen) atoms. The predicted octanol–water partition coefficient (Wildman–Crippen LogP) is 1.48. The summed E-state index contributed by atoms with van der Waals surface area (Å²) in [5.41, 5.74) is 0.907. The van der Waals surface area contributed by atoms with Crippen LogP contribution >= 0.6 is 0 Å². The second-order valence-corrected chi connectivity index (χ2v) is 14.0. The maximum atomic E-state index is 12.4. The Hall–Kier alpha value is -0.240. The molecule has 5 aliphatic rings. The number of nitrogens with zero attached hydrogens (tertiary/aromatic N) is 1. The van der Waals surface area contributed by atoms with E-state index in [-0.39, 0.29) is 0 Å². The van der Waals surface area contributed by atoms with Gasteiger partial charge in [-0.3, -0.25) is 4.79 Å². The molecule has 0 amide bonds. The standard InChI is InChI=1S/C27H46NO.ClHO4/c1-19(29)23-10-11-24-22-9-8-20-18-21(28(4)16-6-5-7-17-28)12-14-26(20,2)25(22)13-15-27(23,24)3;2-1(3,4)5/h20-25H,5-18H2,1-4H3;(H,2,3,4,5)/q+1;/p-1. The van der Waals surface area contributed by atoms with Gasteiger partial charge in [-0.25, -0.2) is 18.6 Å². The zero-order chi connectivity index (χ0) is 24.9. The molecule has 4 saturated carbocycles. The lowest BCUT2D eigenvalue weighted by Crippen LogP contribution is -2.68. The molecule has 4 aliphatic carbocycles. The van der Waals surface area contributed by atoms with Gasteiger partial charge < -0.3 is 4.48 Å². The number of rotatable bonds is 2. The van der Waals surface area contributed by atoms with Crippen molar-refractivity contribution >= 4 is 5.78 Å². The van der Waals surface area contributed by atoms with Crippen molar-refractivity contribution in [1.29, 1.82) is 0 Å². The number of halogens is 1. The van der Waals surface area contributed by atoms with Crippen molar-refractivity contribution in [2.24, 2.45) is 40.4 Å². The second kappa shape index (κ2) is 9.57. The topological polar surface area (TPSA) is 109 Å². The van der Waals surface area contributed by atoms with Gasteiger partial charge in [-0.15, -0.1) is 10.2 Å². The Morgan fingerprint density at radius 1 is 0.824 bits per heavy atom. The molecule has 6 nitrogen and oxygen atoms in total. The van der Waals surface area contributed by atoms with Gasteiger partial charge >= 0.3 is 0 Å². The van der Waals surface area contributed by atoms with Crippen molar-refractivity contribution in [3.05, 3.63) is 0 Å². The van der Waals surface area contributed by atoms with Crippen molar-refractivity contribution in [1.82, 2.24) is 0 Å². The van der Waals surface area contributed by atoms with Gasteiger partial charge in [0.05, 0.1) is 26.2 Å². The molecule has 7 heteroatoms. The quantitative estimate of drug-likeness (QED) is 0.534. The van der Waals surface area contributed by atoms with Crippen molar-refractivity contribution in [2.75, 3.05) is 20.1 Å². The van der Waals surface area contributed by atoms with E-state index in [0.29, 0.717) is 22.5 Å². The molecule has 0 aromatic carbocycles. The molecule has 8 unspecified atom stereocenters. The summed E-state index contributed by atoms with van der Waals surface area (Å²) in [5, 5.41) is 0. The minimum Gasteiger partial charge on any atom is -0.324 e. The van der Waals surface area contributed by atoms with Crippen molar-refractivity contribution in [2.45, 2.75) is 104 Å². The van der Waals surface area contributed by atoms with Gasteiger partial charge in [-0.05, 0) is 112 Å². The van der Waals surface area contributed by atoms with Crippen LogP contribution < -0.4 is 18.6 Å². The number of Topliss-reactive ketones (excluding diaryl/α,β-unsaturated/α-hetero) is 1. The molecule has 5 rings (SSSR count). The summed E-state index contributed by atoms with van der Waals surface area (Å²) in [6, 6.07) is 0.937. The van der Waals surface area contributed by atoms with Crippen LogP contribution in [-0.4, -0.2) is 36.4 Å². The second-order valence-electron chi connectivity index (χ2n) is 13.2. The first kappa shape index (κ1) is 26.8. The molecule has 5 fully saturated rings. The lowest BCUT2D eigenvalue weighted by molar-refractivity contribution is -2.00. The van der Waals surface area contributed by atoms with Crippen LogP contribution in [0, 0.1) is 50.7 Å². The van der Waals surface area contributed by atoms with Crippen LogP contribution in [0.1, 0.15) is 97.8 Å². The number of quaternary nitrogens is 1. The molecule has 0 aromatic heterocycles. The summed E-state index contributed by atoms with van der Waals surface area (Å²) >= 11 is 0. The maximum Gasteiger partial charge on any atom is 0.133 e. The maximum absolute atomic E-state index is 12.4. The Morgan fingerprint density at radius 2 is 1.41 bits per heavy atom. The Kier molecular flexibility index (Phi) is 7.55. The smallest absolute Gasteiger partial charge is 0.133 e. The molecule has 0 aromatic rings. The van der Waals surface area contributed by atoms with Crippen LogP contribution in [0.3, 0.4) is 0 Å². The molecule has 1 saturated heterocycles. The molecule has 196 valence electrons. The van der Waals surface area contributed by atoms with Gasteiger partial charge in [0.15, 0.2) is 0 Å². The van der Waals surface area contributed by atoms with Gasteiger partial charge in [-0.1, -0.05) is 13.8 Å². The minimum atomic E-state index is -4.94. The van der Waals surface area contributed by atoms with Crippen LogP contribution in [0.25, 0.3) is 0 Å². The van der Waals surface area contributed by atoms with E-state index in [1.165, 1.54) is 94.6 Å². The van der Waals surface area contributed by atoms with E-state index in [1.807, 2.05) is 6.92 Å². The number of likely N-dealkylation sites (tertiary alicyclic amines) is 1. The number of ketones is 1. The highest BCUT2D eigenvalue weighted by Gasteiger charge is 2.61. The van der Waals surface area contributed by atoms with Crippen LogP contribution in [0.2, 0.25) is 0 Å². The molecule has 1 aliphatic heterocycles. The molecule has 1 heterocycles. The first-order chi connectivity index (χ1) is 15.8. The Labute approximate surface area is 208 Å². The summed E-state index contributed by atoms with van der Waals surface area (Å²) in [4.78, 5) is 12.4. The van der Waals surface area contributed by atoms with Gasteiger partial charge in [0.2, 0.25) is 0 Å². The fraction of sp³-hybridized carbons (Fsp3) is 0.963. The summed E-state index contributed by atoms with van der Waals surface area (Å²) in [5.74, 6) is 4.49. The molecular weight excluding hydrogens is 454 g/mol. The lowest BCUT2D eigenvalue weighted by Gasteiger charge is -2.62. The third-order valence-electron chi connectivity index (χ3n) is 11.8. The molecule has 0 N–H and O–H groups in total. The fourth-order valence-corrected chi connectivity index (χ4v) is 10.1. The molecule has 0 radical (unpaired) electrons. The van der Waals surface area contributed by atoms with E-state index >= 15 is 0 Å². The number of piperidine rings is 1. The van der Waals surface area contributed by atoms with Crippen molar-refractivity contribution in [3.63, 3.8) is 0 Å². The Morgan fingerprint density at radius 3 is 2.03 bits per heavy atom. The van der Waals surface area contributed by atoms with Gasteiger partial charge in [0, 0.05) is 12.3 Å². The zero-order valence-electron chi connectivity index (χ0n) is 21.7. The number of carbonyl (C=O) groups excluding carboxylic acids is 1. The first-order valence-corrected chi connectivity index (χ1v) is 15.0. The highest BCUT2D eigenvalue weighted by Crippen LogP contribution is 2.67. The van der Waals surface area contributed by atoms with E-state index in [1.54, 1.807) is 0 Å². The summed E-state index contributed by atoms with van der Waals surface area (Å²) in [7, 11) is -2.36. The van der Waals surface area contributed by atoms with Crippen LogP contribution in [0.5, 0.6) is 0 Å². The van der Waals surface area contributed by atoms with Gasteiger partial charge in [0.1, 0.15) is 5.78 Å². The van der Waals surface area contributed by atoms with Crippen LogP contribution in [0.4, 0.5) is 0 Å². The average molecular weight is 500 g/mol. The fourth-order valence-electron chi connectivity index (χ4n) is 10.1.